The van der Waals surface area contributed by atoms with E-state index >= 15 is 0 Å². The molecule has 18 heavy (non-hydrogen) atoms. The van der Waals surface area contributed by atoms with Crippen molar-refractivity contribution in [2.45, 2.75) is 26.4 Å². The monoisotopic (exact) mass is 263 g/mol. The van der Waals surface area contributed by atoms with E-state index in [-0.39, 0.29) is 0 Å². The number of hydrogen-bond donors (Lipinski definition) is 1. The van der Waals surface area contributed by atoms with Crippen molar-refractivity contribution < 1.29 is 4.74 Å². The van der Waals surface area contributed by atoms with Gasteiger partial charge >= 0.3 is 0 Å². The van der Waals surface area contributed by atoms with Crippen LogP contribution in [-0.4, -0.2) is 17.1 Å². The molecule has 0 bridgehead atoms. The number of ether oxygens (including phenoxy) is 1. The summed E-state index contributed by atoms with van der Waals surface area (Å²) in [5.74, 6) is 0.649. The molecule has 5 heteroatoms. The van der Waals surface area contributed by atoms with Gasteiger partial charge in [-0.1, -0.05) is 6.92 Å². The molecule has 2 aromatic rings. The molecule has 1 N–H and O–H groups in total. The maximum absolute atomic E-state index is 5.09. The van der Waals surface area contributed by atoms with Crippen LogP contribution in [0.1, 0.15) is 23.2 Å². The summed E-state index contributed by atoms with van der Waals surface area (Å²) in [7, 11) is 1.63. The Kier molecular flexibility index (Phi) is 4.66. The Morgan fingerprint density at radius 1 is 1.39 bits per heavy atom. The second-order valence-corrected chi connectivity index (χ2v) is 4.84. The largest absolute Gasteiger partial charge is 0.481 e. The Hall–Kier alpha value is -1.46. The lowest BCUT2D eigenvalue weighted by molar-refractivity contribution is 0.397. The van der Waals surface area contributed by atoms with Crippen molar-refractivity contribution >= 4 is 11.3 Å². The normalized spacial score (nSPS) is 10.6. The minimum atomic E-state index is 0.649. The van der Waals surface area contributed by atoms with Gasteiger partial charge in [0.2, 0.25) is 5.88 Å². The van der Waals surface area contributed by atoms with Crippen LogP contribution in [-0.2, 0) is 19.5 Å². The fourth-order valence-electron chi connectivity index (χ4n) is 1.60. The molecule has 2 rings (SSSR count). The van der Waals surface area contributed by atoms with E-state index in [1.807, 2.05) is 12.1 Å². The fourth-order valence-corrected chi connectivity index (χ4v) is 2.34. The number of thiazole rings is 1. The maximum Gasteiger partial charge on any atom is 0.213 e. The summed E-state index contributed by atoms with van der Waals surface area (Å²) in [5, 5.41) is 6.67. The quantitative estimate of drug-likeness (QED) is 0.869. The third-order valence-electron chi connectivity index (χ3n) is 2.55. The first-order chi connectivity index (χ1) is 8.81. The number of nitrogens with one attached hydrogen (secondary N) is 1. The number of nitrogens with zero attached hydrogens (tertiary/aromatic N) is 2. The topological polar surface area (TPSA) is 47.0 Å². The number of aromatic nitrogens is 2. The molecule has 0 saturated carbocycles. The molecule has 0 aliphatic heterocycles. The summed E-state index contributed by atoms with van der Waals surface area (Å²) in [5.41, 5.74) is 2.27. The maximum atomic E-state index is 5.09. The summed E-state index contributed by atoms with van der Waals surface area (Å²) in [4.78, 5) is 8.59. The van der Waals surface area contributed by atoms with Gasteiger partial charge in [-0.2, -0.15) is 0 Å². The zero-order valence-electron chi connectivity index (χ0n) is 10.6. The van der Waals surface area contributed by atoms with Crippen LogP contribution in [0.2, 0.25) is 0 Å². The van der Waals surface area contributed by atoms with Gasteiger partial charge in [0, 0.05) is 30.7 Å². The molecule has 0 radical (unpaired) electrons. The van der Waals surface area contributed by atoms with Gasteiger partial charge in [0.05, 0.1) is 17.8 Å². The standard InChI is InChI=1S/C13H17N3OS/c1-3-13-16-11(9-18-13)8-14-7-10-4-5-15-12(6-10)17-2/h4-6,9,14H,3,7-8H2,1-2H3. The van der Waals surface area contributed by atoms with Crippen molar-refractivity contribution in [1.82, 2.24) is 15.3 Å². The van der Waals surface area contributed by atoms with Crippen molar-refractivity contribution in [3.63, 3.8) is 0 Å². The predicted octanol–water partition coefficient (Wildman–Crippen LogP) is 2.40. The Labute approximate surface area is 111 Å². The number of aryl methyl sites for hydroxylation is 1. The first kappa shape index (κ1) is 13.0. The van der Waals surface area contributed by atoms with Gasteiger partial charge in [0.25, 0.3) is 0 Å². The molecule has 0 aromatic carbocycles. The van der Waals surface area contributed by atoms with E-state index < -0.39 is 0 Å². The van der Waals surface area contributed by atoms with E-state index in [4.69, 9.17) is 4.74 Å². The van der Waals surface area contributed by atoms with Gasteiger partial charge in [-0.3, -0.25) is 0 Å². The van der Waals surface area contributed by atoms with E-state index in [1.54, 1.807) is 24.6 Å². The molecule has 2 heterocycles. The summed E-state index contributed by atoms with van der Waals surface area (Å²) in [6, 6.07) is 3.92. The Balaban J connectivity index is 1.84. The highest BCUT2D eigenvalue weighted by Gasteiger charge is 2.01. The molecule has 0 atom stereocenters. The second kappa shape index (κ2) is 6.47. The number of methoxy groups -OCH3 is 1. The lowest BCUT2D eigenvalue weighted by Gasteiger charge is -2.04. The zero-order chi connectivity index (χ0) is 12.8. The molecule has 0 fully saturated rings. The molecule has 2 aromatic heterocycles. The number of pyridine rings is 1. The van der Waals surface area contributed by atoms with E-state index in [0.29, 0.717) is 5.88 Å². The van der Waals surface area contributed by atoms with E-state index in [0.717, 1.165) is 30.8 Å². The van der Waals surface area contributed by atoms with Crippen LogP contribution in [0.4, 0.5) is 0 Å². The molecule has 0 spiro atoms. The molecule has 0 amide bonds. The van der Waals surface area contributed by atoms with Gasteiger partial charge in [0.15, 0.2) is 0 Å². The molecule has 0 unspecified atom stereocenters. The van der Waals surface area contributed by atoms with Gasteiger partial charge in [-0.15, -0.1) is 11.3 Å². The van der Waals surface area contributed by atoms with E-state index in [1.165, 1.54) is 5.01 Å². The minimum absolute atomic E-state index is 0.649. The summed E-state index contributed by atoms with van der Waals surface area (Å²) >= 11 is 1.72. The first-order valence-corrected chi connectivity index (χ1v) is 6.82. The minimum Gasteiger partial charge on any atom is -0.481 e. The molecule has 96 valence electrons. The lowest BCUT2D eigenvalue weighted by Crippen LogP contribution is -2.13. The van der Waals surface area contributed by atoms with Gasteiger partial charge in [-0.25, -0.2) is 9.97 Å². The average Bonchev–Trinajstić information content (AvgIpc) is 2.87. The number of hydrogen-bond acceptors (Lipinski definition) is 5. The van der Waals surface area contributed by atoms with Gasteiger partial charge in [-0.05, 0) is 18.1 Å². The summed E-state index contributed by atoms with van der Waals surface area (Å²) < 4.78 is 5.09. The zero-order valence-corrected chi connectivity index (χ0v) is 11.5. The van der Waals surface area contributed by atoms with E-state index in [9.17, 15) is 0 Å². The second-order valence-electron chi connectivity index (χ2n) is 3.90. The Morgan fingerprint density at radius 2 is 2.28 bits per heavy atom. The summed E-state index contributed by atoms with van der Waals surface area (Å²) in [6.45, 7) is 3.71. The van der Waals surface area contributed by atoms with Crippen LogP contribution in [0.25, 0.3) is 0 Å². The van der Waals surface area contributed by atoms with Crippen molar-refractivity contribution in [2.75, 3.05) is 7.11 Å². The van der Waals surface area contributed by atoms with Gasteiger partial charge < -0.3 is 10.1 Å². The van der Waals surface area contributed by atoms with Crippen molar-refractivity contribution in [1.29, 1.82) is 0 Å². The lowest BCUT2D eigenvalue weighted by atomic mass is 10.2. The van der Waals surface area contributed by atoms with Crippen molar-refractivity contribution in [3.05, 3.63) is 40.0 Å². The molecular formula is C13H17N3OS. The van der Waals surface area contributed by atoms with E-state index in [2.05, 4.69) is 27.6 Å². The highest BCUT2D eigenvalue weighted by Crippen LogP contribution is 2.11. The molecule has 4 nitrogen and oxygen atoms in total. The van der Waals surface area contributed by atoms with Gasteiger partial charge in [0.1, 0.15) is 0 Å². The van der Waals surface area contributed by atoms with Crippen LogP contribution in [0.5, 0.6) is 5.88 Å². The summed E-state index contributed by atoms with van der Waals surface area (Å²) in [6.07, 6.45) is 2.76. The Morgan fingerprint density at radius 3 is 3.00 bits per heavy atom. The smallest absolute Gasteiger partial charge is 0.213 e. The third kappa shape index (κ3) is 3.51. The predicted molar refractivity (Wildman–Crippen MR) is 72.8 cm³/mol. The average molecular weight is 263 g/mol. The molecular weight excluding hydrogens is 246 g/mol. The van der Waals surface area contributed by atoms with Crippen molar-refractivity contribution in [3.8, 4) is 5.88 Å². The van der Waals surface area contributed by atoms with Crippen LogP contribution >= 0.6 is 11.3 Å². The molecule has 0 saturated heterocycles. The highest BCUT2D eigenvalue weighted by molar-refractivity contribution is 7.09. The number of rotatable bonds is 6. The molecule has 0 aliphatic carbocycles. The fraction of sp³-hybridized carbons (Fsp3) is 0.385. The Bertz CT molecular complexity index is 498. The van der Waals surface area contributed by atoms with Crippen LogP contribution < -0.4 is 10.1 Å². The molecule has 0 aliphatic rings. The van der Waals surface area contributed by atoms with Crippen LogP contribution in [0.3, 0.4) is 0 Å². The van der Waals surface area contributed by atoms with Crippen LogP contribution in [0.15, 0.2) is 23.7 Å². The third-order valence-corrected chi connectivity index (χ3v) is 3.59. The van der Waals surface area contributed by atoms with Crippen LogP contribution in [0, 0.1) is 0 Å². The van der Waals surface area contributed by atoms with Crippen molar-refractivity contribution in [2.24, 2.45) is 0 Å². The highest BCUT2D eigenvalue weighted by atomic mass is 32.1. The first-order valence-electron chi connectivity index (χ1n) is 5.94. The SMILES string of the molecule is CCc1nc(CNCc2ccnc(OC)c2)cs1.